The SMILES string of the molecule is CCNC(CO)(CSc1ccncc1)c1ccccc1. The summed E-state index contributed by atoms with van der Waals surface area (Å²) in [5, 5.41) is 13.4. The van der Waals surface area contributed by atoms with Crippen LogP contribution in [0, 0.1) is 0 Å². The monoisotopic (exact) mass is 288 g/mol. The van der Waals surface area contributed by atoms with Gasteiger partial charge in [0.1, 0.15) is 0 Å². The molecule has 2 aromatic rings. The third-order valence-corrected chi connectivity index (χ3v) is 4.49. The lowest BCUT2D eigenvalue weighted by molar-refractivity contribution is 0.181. The van der Waals surface area contributed by atoms with E-state index in [-0.39, 0.29) is 6.61 Å². The average molecular weight is 288 g/mol. The van der Waals surface area contributed by atoms with E-state index in [1.165, 1.54) is 0 Å². The van der Waals surface area contributed by atoms with Crippen LogP contribution in [0.25, 0.3) is 0 Å². The Morgan fingerprint density at radius 3 is 2.45 bits per heavy atom. The first-order valence-corrected chi connectivity index (χ1v) is 7.73. The molecule has 1 unspecified atom stereocenters. The van der Waals surface area contributed by atoms with E-state index in [1.54, 1.807) is 24.2 Å². The van der Waals surface area contributed by atoms with Gasteiger partial charge in [-0.2, -0.15) is 0 Å². The molecule has 106 valence electrons. The minimum Gasteiger partial charge on any atom is -0.394 e. The van der Waals surface area contributed by atoms with E-state index in [2.05, 4.69) is 29.4 Å². The molecular weight excluding hydrogens is 268 g/mol. The highest BCUT2D eigenvalue weighted by molar-refractivity contribution is 7.99. The van der Waals surface area contributed by atoms with Crippen LogP contribution in [0.4, 0.5) is 0 Å². The third kappa shape index (κ3) is 3.60. The highest BCUT2D eigenvalue weighted by atomic mass is 32.2. The molecule has 0 spiro atoms. The molecule has 1 heterocycles. The van der Waals surface area contributed by atoms with E-state index in [4.69, 9.17) is 0 Å². The van der Waals surface area contributed by atoms with Gasteiger partial charge in [0.2, 0.25) is 0 Å². The molecule has 4 heteroatoms. The fourth-order valence-electron chi connectivity index (χ4n) is 2.17. The third-order valence-electron chi connectivity index (χ3n) is 3.25. The van der Waals surface area contributed by atoms with Crippen molar-refractivity contribution in [2.75, 3.05) is 18.9 Å². The Bertz CT molecular complexity index is 506. The highest BCUT2D eigenvalue weighted by Crippen LogP contribution is 2.29. The summed E-state index contributed by atoms with van der Waals surface area (Å²) in [7, 11) is 0. The van der Waals surface area contributed by atoms with Gasteiger partial charge in [0.15, 0.2) is 0 Å². The van der Waals surface area contributed by atoms with Crippen molar-refractivity contribution in [3.63, 3.8) is 0 Å². The molecule has 0 saturated carbocycles. The van der Waals surface area contributed by atoms with Crippen molar-refractivity contribution in [1.82, 2.24) is 10.3 Å². The molecule has 0 amide bonds. The topological polar surface area (TPSA) is 45.1 Å². The summed E-state index contributed by atoms with van der Waals surface area (Å²) in [5.41, 5.74) is 0.704. The molecule has 0 fully saturated rings. The summed E-state index contributed by atoms with van der Waals surface area (Å²) in [6, 6.07) is 14.1. The maximum absolute atomic E-state index is 9.95. The number of likely N-dealkylation sites (N-methyl/N-ethyl adjacent to an activating group) is 1. The van der Waals surface area contributed by atoms with Crippen molar-refractivity contribution in [2.24, 2.45) is 0 Å². The molecule has 0 bridgehead atoms. The molecule has 1 aromatic carbocycles. The van der Waals surface area contributed by atoms with Gasteiger partial charge in [0.05, 0.1) is 12.1 Å². The normalized spacial score (nSPS) is 13.9. The lowest BCUT2D eigenvalue weighted by Crippen LogP contribution is -2.47. The Hall–Kier alpha value is -1.36. The predicted molar refractivity (Wildman–Crippen MR) is 83.8 cm³/mol. The Morgan fingerprint density at radius 1 is 1.15 bits per heavy atom. The average Bonchev–Trinajstić information content (AvgIpc) is 2.53. The second kappa shape index (κ2) is 7.43. The molecule has 2 N–H and O–H groups in total. The molecule has 0 radical (unpaired) electrons. The summed E-state index contributed by atoms with van der Waals surface area (Å²) in [6.07, 6.45) is 3.58. The second-order valence-corrected chi connectivity index (χ2v) is 5.66. The van der Waals surface area contributed by atoms with Gasteiger partial charge in [0, 0.05) is 23.0 Å². The molecule has 1 atom stereocenters. The Labute approximate surface area is 124 Å². The van der Waals surface area contributed by atoms with Crippen LogP contribution < -0.4 is 5.32 Å². The number of thioether (sulfide) groups is 1. The number of pyridine rings is 1. The van der Waals surface area contributed by atoms with Crippen LogP contribution in [-0.4, -0.2) is 29.0 Å². The fourth-order valence-corrected chi connectivity index (χ4v) is 3.25. The van der Waals surface area contributed by atoms with Gasteiger partial charge in [-0.05, 0) is 24.2 Å². The van der Waals surface area contributed by atoms with Crippen LogP contribution in [0.1, 0.15) is 12.5 Å². The van der Waals surface area contributed by atoms with E-state index >= 15 is 0 Å². The van der Waals surface area contributed by atoms with E-state index in [0.29, 0.717) is 0 Å². The first-order valence-electron chi connectivity index (χ1n) is 6.75. The largest absolute Gasteiger partial charge is 0.394 e. The number of nitrogens with one attached hydrogen (secondary N) is 1. The van der Waals surface area contributed by atoms with Crippen molar-refractivity contribution in [3.05, 3.63) is 60.4 Å². The molecule has 1 aromatic heterocycles. The maximum Gasteiger partial charge on any atom is 0.0764 e. The van der Waals surface area contributed by atoms with E-state index in [1.807, 2.05) is 30.3 Å². The van der Waals surface area contributed by atoms with Gasteiger partial charge >= 0.3 is 0 Å². The van der Waals surface area contributed by atoms with Gasteiger partial charge in [-0.25, -0.2) is 0 Å². The number of aromatic nitrogens is 1. The minimum atomic E-state index is -0.413. The van der Waals surface area contributed by atoms with Crippen LogP contribution in [-0.2, 0) is 5.54 Å². The van der Waals surface area contributed by atoms with Crippen molar-refractivity contribution < 1.29 is 5.11 Å². The molecule has 0 aliphatic rings. The zero-order valence-electron chi connectivity index (χ0n) is 11.6. The van der Waals surface area contributed by atoms with Gasteiger partial charge < -0.3 is 10.4 Å². The smallest absolute Gasteiger partial charge is 0.0764 e. The van der Waals surface area contributed by atoms with Crippen molar-refractivity contribution in [2.45, 2.75) is 17.4 Å². The van der Waals surface area contributed by atoms with Crippen LogP contribution in [0.5, 0.6) is 0 Å². The number of hydrogen-bond acceptors (Lipinski definition) is 4. The molecule has 0 aliphatic heterocycles. The van der Waals surface area contributed by atoms with Gasteiger partial charge in [0.25, 0.3) is 0 Å². The van der Waals surface area contributed by atoms with Gasteiger partial charge in [-0.15, -0.1) is 11.8 Å². The predicted octanol–water partition coefficient (Wildman–Crippen LogP) is 2.67. The number of rotatable bonds is 7. The number of aliphatic hydroxyl groups is 1. The van der Waals surface area contributed by atoms with Crippen LogP contribution in [0.2, 0.25) is 0 Å². The highest BCUT2D eigenvalue weighted by Gasteiger charge is 2.30. The molecular formula is C16H20N2OS. The Kier molecular flexibility index (Phi) is 5.59. The lowest BCUT2D eigenvalue weighted by atomic mass is 9.92. The first-order chi connectivity index (χ1) is 9.80. The minimum absolute atomic E-state index is 0.0724. The first kappa shape index (κ1) is 15.0. The number of aliphatic hydroxyl groups excluding tert-OH is 1. The maximum atomic E-state index is 9.95. The molecule has 0 saturated heterocycles. The lowest BCUT2D eigenvalue weighted by Gasteiger charge is -2.33. The number of benzene rings is 1. The summed E-state index contributed by atoms with van der Waals surface area (Å²) in [6.45, 7) is 2.94. The summed E-state index contributed by atoms with van der Waals surface area (Å²) >= 11 is 1.72. The van der Waals surface area contributed by atoms with Crippen molar-refractivity contribution in [1.29, 1.82) is 0 Å². The quantitative estimate of drug-likeness (QED) is 0.769. The van der Waals surface area contributed by atoms with Crippen LogP contribution >= 0.6 is 11.8 Å². The molecule has 2 rings (SSSR count). The Balaban J connectivity index is 2.19. The van der Waals surface area contributed by atoms with Crippen molar-refractivity contribution >= 4 is 11.8 Å². The zero-order chi connectivity index (χ0) is 14.3. The van der Waals surface area contributed by atoms with E-state index in [9.17, 15) is 5.11 Å². The fraction of sp³-hybridized carbons (Fsp3) is 0.312. The number of hydrogen-bond donors (Lipinski definition) is 2. The van der Waals surface area contributed by atoms with Crippen LogP contribution in [0.15, 0.2) is 59.8 Å². The van der Waals surface area contributed by atoms with E-state index < -0.39 is 5.54 Å². The standard InChI is InChI=1S/C16H20N2OS/c1-2-18-16(12-19,14-6-4-3-5-7-14)13-20-15-8-10-17-11-9-15/h3-11,18-19H,2,12-13H2,1H3. The Morgan fingerprint density at radius 2 is 1.85 bits per heavy atom. The molecule has 20 heavy (non-hydrogen) atoms. The summed E-state index contributed by atoms with van der Waals surface area (Å²) in [5.74, 6) is 0.769. The summed E-state index contributed by atoms with van der Waals surface area (Å²) < 4.78 is 0. The van der Waals surface area contributed by atoms with Crippen molar-refractivity contribution in [3.8, 4) is 0 Å². The second-order valence-electron chi connectivity index (χ2n) is 4.61. The van der Waals surface area contributed by atoms with Gasteiger partial charge in [-0.1, -0.05) is 37.3 Å². The summed E-state index contributed by atoms with van der Waals surface area (Å²) in [4.78, 5) is 5.19. The van der Waals surface area contributed by atoms with Crippen LogP contribution in [0.3, 0.4) is 0 Å². The molecule has 0 aliphatic carbocycles. The molecule has 3 nitrogen and oxygen atoms in total. The number of nitrogens with zero attached hydrogens (tertiary/aromatic N) is 1. The van der Waals surface area contributed by atoms with Gasteiger partial charge in [-0.3, -0.25) is 4.98 Å². The van der Waals surface area contributed by atoms with E-state index in [0.717, 1.165) is 22.8 Å². The zero-order valence-corrected chi connectivity index (χ0v) is 12.4.